The van der Waals surface area contributed by atoms with Gasteiger partial charge in [-0.25, -0.2) is 0 Å². The van der Waals surface area contributed by atoms with Crippen molar-refractivity contribution in [3.63, 3.8) is 0 Å². The van der Waals surface area contributed by atoms with E-state index in [-0.39, 0.29) is 5.78 Å². The lowest BCUT2D eigenvalue weighted by Crippen LogP contribution is -1.94. The summed E-state index contributed by atoms with van der Waals surface area (Å²) in [5, 5.41) is 0. The number of Topliss-reactive ketones (excluding diaryl/α,β-unsaturated/α-hetero) is 1. The van der Waals surface area contributed by atoms with Crippen molar-refractivity contribution < 1.29 is 4.79 Å². The van der Waals surface area contributed by atoms with Gasteiger partial charge in [0, 0.05) is 10.0 Å². The maximum Gasteiger partial charge on any atom is 0.160 e. The zero-order valence-electron chi connectivity index (χ0n) is 6.23. The molecule has 0 aliphatic carbocycles. The fraction of sp³-hybridized carbons (Fsp3) is 0.111. The number of hydrogen-bond acceptors (Lipinski definition) is 1. The van der Waals surface area contributed by atoms with E-state index >= 15 is 0 Å². The first kappa shape index (κ1) is 8.47. The lowest BCUT2D eigenvalue weighted by atomic mass is 10.1. The molecule has 0 bridgehead atoms. The van der Waals surface area contributed by atoms with Crippen molar-refractivity contribution in [1.82, 2.24) is 0 Å². The molecule has 2 heteroatoms. The zero-order valence-corrected chi connectivity index (χ0v) is 7.81. The molecule has 0 aromatic heterocycles. The quantitative estimate of drug-likeness (QED) is 0.654. The maximum absolute atomic E-state index is 11.0. The summed E-state index contributed by atoms with van der Waals surface area (Å²) in [5.41, 5.74) is 1.46. The predicted molar refractivity (Wildman–Crippen MR) is 48.6 cm³/mol. The molecule has 0 saturated carbocycles. The van der Waals surface area contributed by atoms with E-state index in [1.54, 1.807) is 6.07 Å². The van der Waals surface area contributed by atoms with Crippen LogP contribution in [0.5, 0.6) is 0 Å². The molecule has 57 valence electrons. The van der Waals surface area contributed by atoms with Gasteiger partial charge in [0.2, 0.25) is 0 Å². The van der Waals surface area contributed by atoms with Crippen LogP contribution in [0.25, 0.3) is 0 Å². The topological polar surface area (TPSA) is 17.1 Å². The Hall–Kier alpha value is -0.630. The fourth-order valence-corrected chi connectivity index (χ4v) is 1.24. The normalized spacial score (nSPS) is 9.73. The molecule has 0 unspecified atom stereocenters. The monoisotopic (exact) mass is 211 g/mol. The maximum atomic E-state index is 11.0. The predicted octanol–water partition coefficient (Wildman–Crippen LogP) is 2.83. The minimum absolute atomic E-state index is 0.0521. The fourth-order valence-electron chi connectivity index (χ4n) is 0.876. The summed E-state index contributed by atoms with van der Waals surface area (Å²) in [6, 6.07) is 5.47. The molecule has 1 nitrogen and oxygen atoms in total. The summed E-state index contributed by atoms with van der Waals surface area (Å²) >= 11 is 3.28. The third-order valence-electron chi connectivity index (χ3n) is 1.45. The third-order valence-corrected chi connectivity index (χ3v) is 1.94. The van der Waals surface area contributed by atoms with Crippen molar-refractivity contribution in [2.45, 2.75) is 6.92 Å². The van der Waals surface area contributed by atoms with E-state index in [2.05, 4.69) is 22.9 Å². The van der Waals surface area contributed by atoms with Crippen LogP contribution in [0.2, 0.25) is 0 Å². The highest BCUT2D eigenvalue weighted by molar-refractivity contribution is 9.10. The molecule has 1 aromatic carbocycles. The summed E-state index contributed by atoms with van der Waals surface area (Å²) in [5.74, 6) is 0.0521. The number of hydrogen-bond donors (Lipinski definition) is 0. The van der Waals surface area contributed by atoms with E-state index in [1.165, 1.54) is 6.92 Å². The molecule has 0 atom stereocenters. The third kappa shape index (κ3) is 1.90. The van der Waals surface area contributed by atoms with Gasteiger partial charge < -0.3 is 0 Å². The standard InChI is InChI=1S/C9H8BrO/c1-6-3-4-8(10)5-9(6)7(2)11/h3-5H,1H2,2H3. The Labute approximate surface area is 74.6 Å². The van der Waals surface area contributed by atoms with Crippen LogP contribution in [0.4, 0.5) is 0 Å². The molecule has 0 N–H and O–H groups in total. The van der Waals surface area contributed by atoms with Gasteiger partial charge in [-0.3, -0.25) is 4.79 Å². The summed E-state index contributed by atoms with van der Waals surface area (Å²) in [6.07, 6.45) is 0. The molecule has 0 aliphatic heterocycles. The van der Waals surface area contributed by atoms with Gasteiger partial charge in [-0.2, -0.15) is 0 Å². The number of halogens is 1. The van der Waals surface area contributed by atoms with Crippen LogP contribution in [0.1, 0.15) is 22.8 Å². The number of ketones is 1. The molecular formula is C9H8BrO. The van der Waals surface area contributed by atoms with Crippen molar-refractivity contribution in [3.05, 3.63) is 40.7 Å². The molecule has 0 heterocycles. The van der Waals surface area contributed by atoms with E-state index < -0.39 is 0 Å². The second-order valence-electron chi connectivity index (χ2n) is 2.36. The number of benzene rings is 1. The second kappa shape index (κ2) is 3.18. The van der Waals surface area contributed by atoms with Crippen LogP contribution < -0.4 is 0 Å². The molecule has 1 aromatic rings. The van der Waals surface area contributed by atoms with Gasteiger partial charge in [0.25, 0.3) is 0 Å². The molecule has 0 saturated heterocycles. The van der Waals surface area contributed by atoms with Crippen LogP contribution in [-0.4, -0.2) is 5.78 Å². The lowest BCUT2D eigenvalue weighted by molar-refractivity contribution is 0.101. The first-order valence-electron chi connectivity index (χ1n) is 3.23. The van der Waals surface area contributed by atoms with Gasteiger partial charge in [-0.1, -0.05) is 22.0 Å². The molecule has 0 fully saturated rings. The van der Waals surface area contributed by atoms with E-state index in [9.17, 15) is 4.79 Å². The molecule has 0 aliphatic rings. The highest BCUT2D eigenvalue weighted by Gasteiger charge is 2.02. The Kier molecular flexibility index (Phi) is 2.45. The Morgan fingerprint density at radius 3 is 2.64 bits per heavy atom. The van der Waals surface area contributed by atoms with Gasteiger partial charge >= 0.3 is 0 Å². The molecule has 0 amide bonds. The molecule has 1 rings (SSSR count). The van der Waals surface area contributed by atoms with Crippen molar-refractivity contribution >= 4 is 21.7 Å². The smallest absolute Gasteiger partial charge is 0.160 e. The van der Waals surface area contributed by atoms with E-state index in [1.807, 2.05) is 12.1 Å². The van der Waals surface area contributed by atoms with E-state index in [0.717, 1.165) is 10.0 Å². The molecular weight excluding hydrogens is 204 g/mol. The molecule has 0 spiro atoms. The average Bonchev–Trinajstić information content (AvgIpc) is 1.94. The van der Waals surface area contributed by atoms with Gasteiger partial charge in [0.05, 0.1) is 0 Å². The number of carbonyl (C=O) groups is 1. The summed E-state index contributed by atoms with van der Waals surface area (Å²) in [4.78, 5) is 11.0. The summed E-state index contributed by atoms with van der Waals surface area (Å²) in [6.45, 7) is 5.28. The van der Waals surface area contributed by atoms with E-state index in [0.29, 0.717) is 5.56 Å². The van der Waals surface area contributed by atoms with Gasteiger partial charge in [-0.05, 0) is 31.5 Å². The lowest BCUT2D eigenvalue weighted by Gasteiger charge is -2.00. The Morgan fingerprint density at radius 2 is 2.18 bits per heavy atom. The number of rotatable bonds is 1. The minimum atomic E-state index is 0.0521. The number of carbonyl (C=O) groups excluding carboxylic acids is 1. The van der Waals surface area contributed by atoms with Crippen LogP contribution in [0.15, 0.2) is 22.7 Å². The molecule has 11 heavy (non-hydrogen) atoms. The van der Waals surface area contributed by atoms with Crippen LogP contribution in [-0.2, 0) is 0 Å². The van der Waals surface area contributed by atoms with Crippen molar-refractivity contribution in [3.8, 4) is 0 Å². The van der Waals surface area contributed by atoms with Gasteiger partial charge in [0.1, 0.15) is 0 Å². The first-order chi connectivity index (χ1) is 5.11. The Bertz CT molecular complexity index is 292. The first-order valence-corrected chi connectivity index (χ1v) is 4.03. The second-order valence-corrected chi connectivity index (χ2v) is 3.27. The van der Waals surface area contributed by atoms with Crippen molar-refractivity contribution in [1.29, 1.82) is 0 Å². The summed E-state index contributed by atoms with van der Waals surface area (Å²) in [7, 11) is 0. The SMILES string of the molecule is [CH2]c1ccc(Br)cc1C(C)=O. The highest BCUT2D eigenvalue weighted by Crippen LogP contribution is 2.15. The van der Waals surface area contributed by atoms with Crippen molar-refractivity contribution in [2.24, 2.45) is 0 Å². The molecule has 1 radical (unpaired) electrons. The van der Waals surface area contributed by atoms with Crippen LogP contribution in [0, 0.1) is 6.92 Å². The van der Waals surface area contributed by atoms with Crippen LogP contribution in [0.3, 0.4) is 0 Å². The highest BCUT2D eigenvalue weighted by atomic mass is 79.9. The minimum Gasteiger partial charge on any atom is -0.295 e. The van der Waals surface area contributed by atoms with Crippen LogP contribution >= 0.6 is 15.9 Å². The van der Waals surface area contributed by atoms with Gasteiger partial charge in [0.15, 0.2) is 5.78 Å². The van der Waals surface area contributed by atoms with Gasteiger partial charge in [-0.15, -0.1) is 0 Å². The largest absolute Gasteiger partial charge is 0.295 e. The Morgan fingerprint density at radius 1 is 1.55 bits per heavy atom. The Balaban J connectivity index is 3.23. The van der Waals surface area contributed by atoms with E-state index in [4.69, 9.17) is 0 Å². The average molecular weight is 212 g/mol. The zero-order chi connectivity index (χ0) is 8.43. The van der Waals surface area contributed by atoms with Crippen molar-refractivity contribution in [2.75, 3.05) is 0 Å². The summed E-state index contributed by atoms with van der Waals surface area (Å²) < 4.78 is 0.912.